The van der Waals surface area contributed by atoms with E-state index in [0.29, 0.717) is 6.42 Å². The number of piperidine rings is 1. The molecule has 0 aromatic heterocycles. The molecule has 0 aromatic rings. The van der Waals surface area contributed by atoms with Crippen molar-refractivity contribution in [1.82, 2.24) is 9.80 Å². The third-order valence-electron chi connectivity index (χ3n) is 5.25. The summed E-state index contributed by atoms with van der Waals surface area (Å²) in [6, 6.07) is -0.0651. The van der Waals surface area contributed by atoms with Gasteiger partial charge in [-0.15, -0.1) is 0 Å². The minimum atomic E-state index is -1.12. The number of carboxylic acids is 1. The van der Waals surface area contributed by atoms with Gasteiger partial charge in [-0.05, 0) is 59.4 Å². The fraction of sp³-hybridized carbons (Fsp3) is 0.882. The Kier molecular flexibility index (Phi) is 4.07. The molecule has 1 saturated carbocycles. The van der Waals surface area contributed by atoms with Gasteiger partial charge in [-0.1, -0.05) is 6.42 Å². The van der Waals surface area contributed by atoms with Crippen LogP contribution in [0.2, 0.25) is 0 Å². The van der Waals surface area contributed by atoms with E-state index in [1.807, 2.05) is 20.8 Å². The molecule has 3 fully saturated rings. The molecule has 1 N–H and O–H groups in total. The molecule has 0 radical (unpaired) electrons. The maximum Gasteiger partial charge on any atom is 0.411 e. The number of nitrogens with zero attached hydrogens (tertiary/aromatic N) is 2. The summed E-state index contributed by atoms with van der Waals surface area (Å²) in [5.41, 5.74) is -1.74. The zero-order valence-electron chi connectivity index (χ0n) is 14.4. The average Bonchev–Trinajstić information content (AvgIpc) is 3.18. The van der Waals surface area contributed by atoms with Gasteiger partial charge in [0.25, 0.3) is 0 Å². The van der Waals surface area contributed by atoms with Crippen LogP contribution in [0.5, 0.6) is 0 Å². The number of hydrogen-bond acceptors (Lipinski definition) is 4. The van der Waals surface area contributed by atoms with Crippen LogP contribution in [-0.4, -0.2) is 63.3 Å². The second-order valence-corrected chi connectivity index (χ2v) is 8.11. The second kappa shape index (κ2) is 5.65. The smallest absolute Gasteiger partial charge is 0.411 e. The van der Waals surface area contributed by atoms with Gasteiger partial charge in [0.15, 0.2) is 5.54 Å². The maximum absolute atomic E-state index is 12.8. The molecular weight excluding hydrogens is 296 g/mol. The van der Waals surface area contributed by atoms with Crippen LogP contribution in [0.4, 0.5) is 4.79 Å². The van der Waals surface area contributed by atoms with Crippen LogP contribution in [0.1, 0.15) is 59.3 Å². The predicted octanol–water partition coefficient (Wildman–Crippen LogP) is 2.47. The van der Waals surface area contributed by atoms with Gasteiger partial charge >= 0.3 is 12.1 Å². The molecule has 23 heavy (non-hydrogen) atoms. The van der Waals surface area contributed by atoms with Gasteiger partial charge in [0.05, 0.1) is 0 Å². The van der Waals surface area contributed by atoms with Crippen LogP contribution in [0, 0.1) is 0 Å². The SMILES string of the molecule is CC(C)(C)OC(=O)N(C1CC1)C1(C(=O)O)CCN2CCCCC21. The summed E-state index contributed by atoms with van der Waals surface area (Å²) in [6.45, 7) is 7.16. The number of amides is 1. The molecule has 0 spiro atoms. The Morgan fingerprint density at radius 1 is 1.17 bits per heavy atom. The van der Waals surface area contributed by atoms with Gasteiger partial charge < -0.3 is 9.84 Å². The van der Waals surface area contributed by atoms with E-state index in [9.17, 15) is 14.7 Å². The molecule has 1 aliphatic carbocycles. The molecule has 2 saturated heterocycles. The Labute approximate surface area is 137 Å². The molecule has 2 atom stereocenters. The highest BCUT2D eigenvalue weighted by Gasteiger charge is 2.62. The third kappa shape index (κ3) is 2.93. The molecule has 0 aromatic carbocycles. The second-order valence-electron chi connectivity index (χ2n) is 8.11. The quantitative estimate of drug-likeness (QED) is 0.863. The zero-order chi connectivity index (χ0) is 16.8. The van der Waals surface area contributed by atoms with E-state index in [1.54, 1.807) is 4.90 Å². The Balaban J connectivity index is 1.94. The summed E-state index contributed by atoms with van der Waals surface area (Å²) < 4.78 is 5.57. The van der Waals surface area contributed by atoms with Crippen molar-refractivity contribution >= 4 is 12.1 Å². The van der Waals surface area contributed by atoms with Crippen molar-refractivity contribution in [3.63, 3.8) is 0 Å². The lowest BCUT2D eigenvalue weighted by Gasteiger charge is -2.45. The van der Waals surface area contributed by atoms with Crippen molar-refractivity contribution in [3.05, 3.63) is 0 Å². The van der Waals surface area contributed by atoms with E-state index in [4.69, 9.17) is 4.74 Å². The van der Waals surface area contributed by atoms with Crippen LogP contribution in [0.15, 0.2) is 0 Å². The number of aliphatic carboxylic acids is 1. The summed E-state index contributed by atoms with van der Waals surface area (Å²) in [5.74, 6) is -0.871. The van der Waals surface area contributed by atoms with Crippen LogP contribution in [0.3, 0.4) is 0 Å². The van der Waals surface area contributed by atoms with Gasteiger partial charge in [-0.3, -0.25) is 9.80 Å². The lowest BCUT2D eigenvalue weighted by atomic mass is 9.83. The number of carbonyl (C=O) groups excluding carboxylic acids is 1. The van der Waals surface area contributed by atoms with E-state index in [1.165, 1.54) is 0 Å². The van der Waals surface area contributed by atoms with Crippen LogP contribution < -0.4 is 0 Å². The molecule has 0 bridgehead atoms. The van der Waals surface area contributed by atoms with E-state index in [0.717, 1.165) is 45.2 Å². The fourth-order valence-corrected chi connectivity index (χ4v) is 4.20. The van der Waals surface area contributed by atoms with Gasteiger partial charge in [0.2, 0.25) is 0 Å². The monoisotopic (exact) mass is 324 g/mol. The van der Waals surface area contributed by atoms with Crippen molar-refractivity contribution in [2.75, 3.05) is 13.1 Å². The lowest BCUT2D eigenvalue weighted by molar-refractivity contribution is -0.154. The number of rotatable bonds is 3. The Morgan fingerprint density at radius 2 is 1.87 bits per heavy atom. The Bertz CT molecular complexity index is 497. The highest BCUT2D eigenvalue weighted by Crippen LogP contribution is 2.45. The summed E-state index contributed by atoms with van der Waals surface area (Å²) >= 11 is 0. The van der Waals surface area contributed by atoms with Crippen molar-refractivity contribution in [3.8, 4) is 0 Å². The van der Waals surface area contributed by atoms with E-state index >= 15 is 0 Å². The van der Waals surface area contributed by atoms with Crippen LogP contribution in [0.25, 0.3) is 0 Å². The van der Waals surface area contributed by atoms with Crippen molar-refractivity contribution in [2.45, 2.75) is 82.5 Å². The number of hydrogen-bond donors (Lipinski definition) is 1. The van der Waals surface area contributed by atoms with Crippen LogP contribution >= 0.6 is 0 Å². The number of ether oxygens (including phenoxy) is 1. The topological polar surface area (TPSA) is 70.1 Å². The number of fused-ring (bicyclic) bond motifs is 1. The molecule has 130 valence electrons. The normalized spacial score (nSPS) is 31.5. The number of carboxylic acid groups (broad SMARTS) is 1. The molecule has 6 heteroatoms. The van der Waals surface area contributed by atoms with E-state index in [2.05, 4.69) is 4.90 Å². The van der Waals surface area contributed by atoms with Crippen molar-refractivity contribution in [2.24, 2.45) is 0 Å². The summed E-state index contributed by atoms with van der Waals surface area (Å²) in [7, 11) is 0. The van der Waals surface area contributed by atoms with Gasteiger partial charge in [-0.2, -0.15) is 0 Å². The van der Waals surface area contributed by atoms with Crippen molar-refractivity contribution in [1.29, 1.82) is 0 Å². The minimum absolute atomic E-state index is 0.0165. The van der Waals surface area contributed by atoms with Crippen molar-refractivity contribution < 1.29 is 19.4 Å². The largest absolute Gasteiger partial charge is 0.479 e. The van der Waals surface area contributed by atoms with E-state index in [-0.39, 0.29) is 12.1 Å². The molecule has 2 aliphatic heterocycles. The first kappa shape index (κ1) is 16.6. The first-order valence-electron chi connectivity index (χ1n) is 8.75. The Hall–Kier alpha value is -1.30. The maximum atomic E-state index is 12.8. The van der Waals surface area contributed by atoms with Gasteiger partial charge in [0, 0.05) is 18.6 Å². The predicted molar refractivity (Wildman–Crippen MR) is 85.3 cm³/mol. The molecule has 6 nitrogen and oxygen atoms in total. The van der Waals surface area contributed by atoms with Gasteiger partial charge in [0.1, 0.15) is 5.60 Å². The highest BCUT2D eigenvalue weighted by molar-refractivity contribution is 5.86. The lowest BCUT2D eigenvalue weighted by Crippen LogP contribution is -2.65. The molecule has 1 amide bonds. The standard InChI is InChI=1S/C17H28N2O4/c1-16(2,3)23-15(22)19(12-7-8-12)17(14(20)21)9-11-18-10-5-4-6-13(17)18/h12-13H,4-11H2,1-3H3,(H,20,21). The molecular formula is C17H28N2O4. The summed E-state index contributed by atoms with van der Waals surface area (Å²) in [5, 5.41) is 10.1. The summed E-state index contributed by atoms with van der Waals surface area (Å²) in [6.07, 6.45) is 4.78. The van der Waals surface area contributed by atoms with E-state index < -0.39 is 23.2 Å². The first-order chi connectivity index (χ1) is 10.8. The summed E-state index contributed by atoms with van der Waals surface area (Å²) in [4.78, 5) is 29.0. The van der Waals surface area contributed by atoms with Crippen LogP contribution in [-0.2, 0) is 9.53 Å². The zero-order valence-corrected chi connectivity index (χ0v) is 14.4. The molecule has 2 unspecified atom stereocenters. The Morgan fingerprint density at radius 3 is 2.43 bits per heavy atom. The average molecular weight is 324 g/mol. The van der Waals surface area contributed by atoms with Gasteiger partial charge in [-0.25, -0.2) is 9.59 Å². The highest BCUT2D eigenvalue weighted by atomic mass is 16.6. The third-order valence-corrected chi connectivity index (χ3v) is 5.25. The number of carbonyl (C=O) groups is 2. The fourth-order valence-electron chi connectivity index (χ4n) is 4.20. The first-order valence-corrected chi connectivity index (χ1v) is 8.75. The molecule has 2 heterocycles. The minimum Gasteiger partial charge on any atom is -0.479 e. The molecule has 3 aliphatic rings. The molecule has 3 rings (SSSR count).